The van der Waals surface area contributed by atoms with Gasteiger partial charge in [0.05, 0.1) is 0 Å². The molecule has 0 aromatic rings. The summed E-state index contributed by atoms with van der Waals surface area (Å²) in [5.74, 6) is 0. The van der Waals surface area contributed by atoms with Crippen LogP contribution in [-0.2, 0) is 4.74 Å². The van der Waals surface area contributed by atoms with Gasteiger partial charge in [-0.25, -0.2) is 0 Å². The van der Waals surface area contributed by atoms with Gasteiger partial charge in [-0.15, -0.1) is 0 Å². The molecular formula is C9H21NO2. The zero-order valence-corrected chi connectivity index (χ0v) is 8.25. The quantitative estimate of drug-likeness (QED) is 0.552. The lowest BCUT2D eigenvalue weighted by Gasteiger charge is -2.19. The van der Waals surface area contributed by atoms with Crippen molar-refractivity contribution in [2.45, 2.75) is 19.8 Å². The van der Waals surface area contributed by atoms with E-state index in [2.05, 4.69) is 11.8 Å². The van der Waals surface area contributed by atoms with Crippen LogP contribution in [0.4, 0.5) is 0 Å². The fraction of sp³-hybridized carbons (Fsp3) is 1.00. The molecule has 0 saturated carbocycles. The highest BCUT2D eigenvalue weighted by Gasteiger charge is 1.99. The average molecular weight is 175 g/mol. The topological polar surface area (TPSA) is 32.7 Å². The molecule has 12 heavy (non-hydrogen) atoms. The third kappa shape index (κ3) is 6.58. The van der Waals surface area contributed by atoms with Crippen LogP contribution in [0.3, 0.4) is 0 Å². The van der Waals surface area contributed by atoms with Crippen molar-refractivity contribution in [1.29, 1.82) is 0 Å². The summed E-state index contributed by atoms with van der Waals surface area (Å²) in [6.45, 7) is 6.39. The van der Waals surface area contributed by atoms with Crippen LogP contribution in [0.5, 0.6) is 0 Å². The molecule has 0 radical (unpaired) electrons. The molecule has 0 aromatic carbocycles. The number of aliphatic hydroxyl groups excluding tert-OH is 1. The van der Waals surface area contributed by atoms with Crippen LogP contribution in [0.1, 0.15) is 19.8 Å². The van der Waals surface area contributed by atoms with E-state index in [0.29, 0.717) is 6.61 Å². The van der Waals surface area contributed by atoms with E-state index < -0.39 is 0 Å². The van der Waals surface area contributed by atoms with Crippen molar-refractivity contribution in [2.24, 2.45) is 0 Å². The van der Waals surface area contributed by atoms with Gasteiger partial charge in [-0.1, -0.05) is 6.92 Å². The molecule has 0 spiro atoms. The lowest BCUT2D eigenvalue weighted by Crippen LogP contribution is -2.27. The summed E-state index contributed by atoms with van der Waals surface area (Å²) < 4.78 is 4.97. The molecule has 0 saturated heterocycles. The normalized spacial score (nSPS) is 11.0. The van der Waals surface area contributed by atoms with Crippen molar-refractivity contribution in [2.75, 3.05) is 40.0 Å². The fourth-order valence-electron chi connectivity index (χ4n) is 1.15. The summed E-state index contributed by atoms with van der Waals surface area (Å²) in [7, 11) is 1.73. The first-order chi connectivity index (χ1) is 5.85. The minimum Gasteiger partial charge on any atom is -0.396 e. The Kier molecular flexibility index (Phi) is 8.88. The molecule has 0 aliphatic rings. The number of hydrogen-bond donors (Lipinski definition) is 1. The summed E-state index contributed by atoms with van der Waals surface area (Å²) in [6, 6.07) is 0. The maximum atomic E-state index is 8.63. The van der Waals surface area contributed by atoms with Gasteiger partial charge in [0.25, 0.3) is 0 Å². The number of hydrogen-bond acceptors (Lipinski definition) is 3. The Morgan fingerprint density at radius 3 is 2.42 bits per heavy atom. The summed E-state index contributed by atoms with van der Waals surface area (Å²) >= 11 is 0. The molecule has 3 nitrogen and oxygen atoms in total. The molecule has 0 rings (SSSR count). The van der Waals surface area contributed by atoms with Crippen molar-refractivity contribution in [3.05, 3.63) is 0 Å². The largest absolute Gasteiger partial charge is 0.396 e. The highest BCUT2D eigenvalue weighted by Crippen LogP contribution is 1.93. The molecule has 74 valence electrons. The summed E-state index contributed by atoms with van der Waals surface area (Å²) in [5, 5.41) is 8.63. The van der Waals surface area contributed by atoms with Crippen molar-refractivity contribution in [1.82, 2.24) is 4.90 Å². The molecule has 3 heteroatoms. The van der Waals surface area contributed by atoms with Crippen LogP contribution < -0.4 is 0 Å². The van der Waals surface area contributed by atoms with Crippen molar-refractivity contribution in [3.8, 4) is 0 Å². The summed E-state index contributed by atoms with van der Waals surface area (Å²) in [6.07, 6.45) is 1.95. The fourth-order valence-corrected chi connectivity index (χ4v) is 1.15. The van der Waals surface area contributed by atoms with Crippen molar-refractivity contribution >= 4 is 0 Å². The third-order valence-electron chi connectivity index (χ3n) is 1.90. The molecule has 0 aliphatic heterocycles. The first-order valence-electron chi connectivity index (χ1n) is 4.67. The Labute approximate surface area is 75.3 Å². The maximum Gasteiger partial charge on any atom is 0.0474 e. The SMILES string of the molecule is CCN(CCCO)CCCOC. The molecule has 0 aliphatic carbocycles. The average Bonchev–Trinajstić information content (AvgIpc) is 2.11. The van der Waals surface area contributed by atoms with Gasteiger partial charge in [-0.3, -0.25) is 0 Å². The van der Waals surface area contributed by atoms with Crippen LogP contribution in [-0.4, -0.2) is 50.0 Å². The van der Waals surface area contributed by atoms with Crippen molar-refractivity contribution < 1.29 is 9.84 Å². The number of nitrogens with zero attached hydrogens (tertiary/aromatic N) is 1. The molecule has 0 unspecified atom stereocenters. The number of ether oxygens (including phenoxy) is 1. The molecular weight excluding hydrogens is 154 g/mol. The number of rotatable bonds is 8. The van der Waals surface area contributed by atoms with E-state index >= 15 is 0 Å². The Morgan fingerprint density at radius 1 is 1.25 bits per heavy atom. The highest BCUT2D eigenvalue weighted by molar-refractivity contribution is 4.54. The van der Waals surface area contributed by atoms with Gasteiger partial charge in [0.1, 0.15) is 0 Å². The first-order valence-corrected chi connectivity index (χ1v) is 4.67. The minimum absolute atomic E-state index is 0.292. The Morgan fingerprint density at radius 2 is 1.92 bits per heavy atom. The number of aliphatic hydroxyl groups is 1. The van der Waals surface area contributed by atoms with E-state index in [0.717, 1.165) is 39.1 Å². The molecule has 1 N–H and O–H groups in total. The van der Waals surface area contributed by atoms with Gasteiger partial charge in [-0.05, 0) is 19.4 Å². The van der Waals surface area contributed by atoms with Crippen LogP contribution in [0, 0.1) is 0 Å². The van der Waals surface area contributed by atoms with Crippen LogP contribution >= 0.6 is 0 Å². The van der Waals surface area contributed by atoms with E-state index in [4.69, 9.17) is 9.84 Å². The van der Waals surface area contributed by atoms with Crippen LogP contribution in [0.15, 0.2) is 0 Å². The highest BCUT2D eigenvalue weighted by atomic mass is 16.5. The molecule has 0 bridgehead atoms. The Bertz CT molecular complexity index is 88.6. The molecule has 0 atom stereocenters. The van der Waals surface area contributed by atoms with E-state index in [9.17, 15) is 0 Å². The standard InChI is InChI=1S/C9H21NO2/c1-3-10(6-4-8-11)7-5-9-12-2/h11H,3-9H2,1-2H3. The van der Waals surface area contributed by atoms with E-state index in [1.807, 2.05) is 0 Å². The Hall–Kier alpha value is -0.120. The number of methoxy groups -OCH3 is 1. The van der Waals surface area contributed by atoms with Crippen LogP contribution in [0.2, 0.25) is 0 Å². The van der Waals surface area contributed by atoms with E-state index in [-0.39, 0.29) is 0 Å². The van der Waals surface area contributed by atoms with E-state index in [1.54, 1.807) is 7.11 Å². The molecule has 0 aromatic heterocycles. The monoisotopic (exact) mass is 175 g/mol. The first kappa shape index (κ1) is 11.9. The van der Waals surface area contributed by atoms with E-state index in [1.165, 1.54) is 0 Å². The summed E-state index contributed by atoms with van der Waals surface area (Å²) in [5.41, 5.74) is 0. The predicted molar refractivity (Wildman–Crippen MR) is 50.3 cm³/mol. The molecule has 0 heterocycles. The molecule has 0 fully saturated rings. The lowest BCUT2D eigenvalue weighted by atomic mass is 10.3. The van der Waals surface area contributed by atoms with Gasteiger partial charge in [-0.2, -0.15) is 0 Å². The lowest BCUT2D eigenvalue weighted by molar-refractivity contribution is 0.168. The second kappa shape index (κ2) is 8.97. The summed E-state index contributed by atoms with van der Waals surface area (Å²) in [4.78, 5) is 2.33. The Balaban J connectivity index is 3.26. The van der Waals surface area contributed by atoms with Gasteiger partial charge in [0.2, 0.25) is 0 Å². The molecule has 0 amide bonds. The zero-order valence-electron chi connectivity index (χ0n) is 8.25. The van der Waals surface area contributed by atoms with Gasteiger partial charge in [0, 0.05) is 33.4 Å². The van der Waals surface area contributed by atoms with Gasteiger partial charge >= 0.3 is 0 Å². The predicted octanol–water partition coefficient (Wildman–Crippen LogP) is 0.727. The van der Waals surface area contributed by atoms with Crippen molar-refractivity contribution in [3.63, 3.8) is 0 Å². The third-order valence-corrected chi connectivity index (χ3v) is 1.90. The van der Waals surface area contributed by atoms with Gasteiger partial charge in [0.15, 0.2) is 0 Å². The van der Waals surface area contributed by atoms with Gasteiger partial charge < -0.3 is 14.7 Å². The second-order valence-corrected chi connectivity index (χ2v) is 2.86. The minimum atomic E-state index is 0.292. The zero-order chi connectivity index (χ0) is 9.23. The second-order valence-electron chi connectivity index (χ2n) is 2.86. The maximum absolute atomic E-state index is 8.63. The van der Waals surface area contributed by atoms with Crippen LogP contribution in [0.25, 0.3) is 0 Å². The smallest absolute Gasteiger partial charge is 0.0474 e.